The first-order chi connectivity index (χ1) is 26.2. The summed E-state index contributed by atoms with van der Waals surface area (Å²) in [4.78, 5) is 0. The van der Waals surface area contributed by atoms with Gasteiger partial charge < -0.3 is 8.98 Å². The lowest BCUT2D eigenvalue weighted by Crippen LogP contribution is -1.96. The SMILES string of the molecule is Cc1cc(-c2ccc3c(c2)c2ccccc2n3-c2ccc(-c3ccc4oc5ccccc5c4c3)cc2)ccc1-c1ccccc1CCc1ccccc1. The van der Waals surface area contributed by atoms with Gasteiger partial charge in [-0.3, -0.25) is 0 Å². The normalized spacial score (nSPS) is 11.6. The lowest BCUT2D eigenvalue weighted by molar-refractivity contribution is 0.669. The van der Waals surface area contributed by atoms with Gasteiger partial charge >= 0.3 is 0 Å². The second-order valence-electron chi connectivity index (χ2n) is 14.1. The van der Waals surface area contributed by atoms with Crippen LogP contribution in [-0.2, 0) is 12.8 Å². The molecule has 0 saturated carbocycles. The van der Waals surface area contributed by atoms with Crippen molar-refractivity contribution in [1.82, 2.24) is 4.57 Å². The van der Waals surface area contributed by atoms with Crippen LogP contribution in [0.25, 0.3) is 82.8 Å². The zero-order valence-electron chi connectivity index (χ0n) is 29.6. The lowest BCUT2D eigenvalue weighted by Gasteiger charge is -2.14. The van der Waals surface area contributed by atoms with E-state index in [9.17, 15) is 0 Å². The largest absolute Gasteiger partial charge is 0.456 e. The van der Waals surface area contributed by atoms with Gasteiger partial charge in [0.15, 0.2) is 0 Å². The molecule has 0 atom stereocenters. The van der Waals surface area contributed by atoms with Crippen LogP contribution in [-0.4, -0.2) is 4.57 Å². The number of para-hydroxylation sites is 2. The summed E-state index contributed by atoms with van der Waals surface area (Å²) < 4.78 is 8.48. The fourth-order valence-corrected chi connectivity index (χ4v) is 8.21. The molecule has 53 heavy (non-hydrogen) atoms. The molecule has 10 rings (SSSR count). The van der Waals surface area contributed by atoms with Crippen LogP contribution in [0.3, 0.4) is 0 Å². The van der Waals surface area contributed by atoms with E-state index in [1.54, 1.807) is 0 Å². The van der Waals surface area contributed by atoms with E-state index in [4.69, 9.17) is 4.42 Å². The number of hydrogen-bond acceptors (Lipinski definition) is 1. The molecule has 10 aromatic rings. The average Bonchev–Trinajstić information content (AvgIpc) is 3.76. The molecule has 252 valence electrons. The molecule has 8 aromatic carbocycles. The number of rotatable bonds is 7. The minimum Gasteiger partial charge on any atom is -0.456 e. The van der Waals surface area contributed by atoms with Gasteiger partial charge in [0.1, 0.15) is 11.2 Å². The predicted octanol–water partition coefficient (Wildman–Crippen LogP) is 13.8. The molecule has 0 saturated heterocycles. The van der Waals surface area contributed by atoms with Crippen molar-refractivity contribution >= 4 is 43.7 Å². The lowest BCUT2D eigenvalue weighted by atomic mass is 9.91. The number of aromatic nitrogens is 1. The van der Waals surface area contributed by atoms with Crippen LogP contribution in [0.2, 0.25) is 0 Å². The fraction of sp³-hybridized carbons (Fsp3) is 0.0588. The maximum Gasteiger partial charge on any atom is 0.135 e. The quantitative estimate of drug-likeness (QED) is 0.164. The Kier molecular flexibility index (Phi) is 7.54. The third kappa shape index (κ3) is 5.51. The van der Waals surface area contributed by atoms with Crippen molar-refractivity contribution in [3.63, 3.8) is 0 Å². The zero-order valence-corrected chi connectivity index (χ0v) is 29.6. The Hall–Kier alpha value is -6.64. The summed E-state index contributed by atoms with van der Waals surface area (Å²) in [6.07, 6.45) is 2.05. The van der Waals surface area contributed by atoms with Crippen molar-refractivity contribution in [3.8, 4) is 39.1 Å². The third-order valence-electron chi connectivity index (χ3n) is 10.9. The van der Waals surface area contributed by atoms with E-state index in [2.05, 4.69) is 181 Å². The van der Waals surface area contributed by atoms with Crippen molar-refractivity contribution in [1.29, 1.82) is 0 Å². The number of hydrogen-bond donors (Lipinski definition) is 0. The topological polar surface area (TPSA) is 18.1 Å². The number of nitrogens with zero attached hydrogens (tertiary/aromatic N) is 1. The Balaban J connectivity index is 0.985. The van der Waals surface area contributed by atoms with E-state index < -0.39 is 0 Å². The van der Waals surface area contributed by atoms with Gasteiger partial charge in [-0.05, 0) is 118 Å². The molecule has 2 heteroatoms. The Morgan fingerprint density at radius 1 is 0.415 bits per heavy atom. The highest BCUT2D eigenvalue weighted by Crippen LogP contribution is 2.38. The molecular formula is C51H37NO. The molecule has 0 bridgehead atoms. The molecule has 0 unspecified atom stereocenters. The van der Waals surface area contributed by atoms with Crippen LogP contribution in [0.15, 0.2) is 186 Å². The Labute approximate surface area is 309 Å². The second-order valence-corrected chi connectivity index (χ2v) is 14.1. The predicted molar refractivity (Wildman–Crippen MR) is 223 cm³/mol. The maximum absolute atomic E-state index is 6.08. The fourth-order valence-electron chi connectivity index (χ4n) is 8.21. The maximum atomic E-state index is 6.08. The van der Waals surface area contributed by atoms with Gasteiger partial charge in [-0.15, -0.1) is 0 Å². The summed E-state index contributed by atoms with van der Waals surface area (Å²) in [6.45, 7) is 2.25. The molecule has 0 N–H and O–H groups in total. The summed E-state index contributed by atoms with van der Waals surface area (Å²) in [7, 11) is 0. The first-order valence-corrected chi connectivity index (χ1v) is 18.5. The minimum absolute atomic E-state index is 0.919. The zero-order chi connectivity index (χ0) is 35.3. The van der Waals surface area contributed by atoms with Gasteiger partial charge in [-0.25, -0.2) is 0 Å². The molecule has 0 aliphatic carbocycles. The van der Waals surface area contributed by atoms with Gasteiger partial charge in [-0.2, -0.15) is 0 Å². The van der Waals surface area contributed by atoms with Crippen LogP contribution < -0.4 is 0 Å². The third-order valence-corrected chi connectivity index (χ3v) is 10.9. The van der Waals surface area contributed by atoms with E-state index in [1.807, 2.05) is 12.1 Å². The Morgan fingerprint density at radius 3 is 1.91 bits per heavy atom. The van der Waals surface area contributed by atoms with Crippen molar-refractivity contribution in [2.24, 2.45) is 0 Å². The highest BCUT2D eigenvalue weighted by molar-refractivity contribution is 6.10. The Bertz CT molecular complexity index is 2940. The second kappa shape index (κ2) is 12.8. The van der Waals surface area contributed by atoms with E-state index >= 15 is 0 Å². The monoisotopic (exact) mass is 679 g/mol. The molecule has 0 spiro atoms. The van der Waals surface area contributed by atoms with Crippen LogP contribution in [0.1, 0.15) is 16.7 Å². The van der Waals surface area contributed by atoms with Gasteiger partial charge in [0, 0.05) is 27.2 Å². The van der Waals surface area contributed by atoms with E-state index in [-0.39, 0.29) is 0 Å². The van der Waals surface area contributed by atoms with E-state index in [0.29, 0.717) is 0 Å². The Morgan fingerprint density at radius 2 is 1.04 bits per heavy atom. The molecule has 0 aliphatic heterocycles. The molecule has 0 radical (unpaired) electrons. The minimum atomic E-state index is 0.919. The first kappa shape index (κ1) is 31.1. The standard InChI is InChI=1S/C51H37NO/c1-34-31-38(23-28-42(34)43-14-6-5-13-37(43)20-19-35-11-3-2-4-12-35)40-24-29-49-46(32-40)44-15-7-9-17-48(44)52(49)41-26-21-36(22-27-41)39-25-30-51-47(33-39)45-16-8-10-18-50(45)53-51/h2-18,21-33H,19-20H2,1H3. The smallest absolute Gasteiger partial charge is 0.135 e. The average molecular weight is 680 g/mol. The van der Waals surface area contributed by atoms with Crippen LogP contribution >= 0.6 is 0 Å². The molecule has 0 aliphatic rings. The van der Waals surface area contributed by atoms with E-state index in [0.717, 1.165) is 40.5 Å². The molecule has 2 heterocycles. The number of furan rings is 1. The molecular weight excluding hydrogens is 643 g/mol. The van der Waals surface area contributed by atoms with Gasteiger partial charge in [-0.1, -0.05) is 133 Å². The van der Waals surface area contributed by atoms with Gasteiger partial charge in [0.25, 0.3) is 0 Å². The van der Waals surface area contributed by atoms with Crippen molar-refractivity contribution in [2.75, 3.05) is 0 Å². The van der Waals surface area contributed by atoms with Crippen molar-refractivity contribution in [3.05, 3.63) is 199 Å². The molecule has 0 amide bonds. The first-order valence-electron chi connectivity index (χ1n) is 18.5. The van der Waals surface area contributed by atoms with Crippen LogP contribution in [0.4, 0.5) is 0 Å². The molecule has 0 fully saturated rings. The van der Waals surface area contributed by atoms with Crippen LogP contribution in [0, 0.1) is 6.92 Å². The number of fused-ring (bicyclic) bond motifs is 6. The van der Waals surface area contributed by atoms with Gasteiger partial charge in [0.05, 0.1) is 11.0 Å². The summed E-state index contributed by atoms with van der Waals surface area (Å²) in [5.41, 5.74) is 16.9. The molecule has 2 nitrogen and oxygen atoms in total. The highest BCUT2D eigenvalue weighted by atomic mass is 16.3. The summed E-state index contributed by atoms with van der Waals surface area (Å²) in [5, 5.41) is 4.81. The number of benzene rings is 8. The summed E-state index contributed by atoms with van der Waals surface area (Å²) >= 11 is 0. The highest BCUT2D eigenvalue weighted by Gasteiger charge is 2.15. The van der Waals surface area contributed by atoms with Crippen LogP contribution in [0.5, 0.6) is 0 Å². The van der Waals surface area contributed by atoms with Crippen molar-refractivity contribution < 1.29 is 4.42 Å². The summed E-state index contributed by atoms with van der Waals surface area (Å²) in [5.74, 6) is 0. The summed E-state index contributed by atoms with van der Waals surface area (Å²) in [6, 6.07) is 66.0. The van der Waals surface area contributed by atoms with Crippen molar-refractivity contribution in [2.45, 2.75) is 19.8 Å². The molecule has 2 aromatic heterocycles. The number of aryl methyl sites for hydroxylation is 3. The van der Waals surface area contributed by atoms with E-state index in [1.165, 1.54) is 71.9 Å². The van der Waals surface area contributed by atoms with Gasteiger partial charge in [0.2, 0.25) is 0 Å².